The van der Waals surface area contributed by atoms with Crippen LogP contribution in [0.5, 0.6) is 0 Å². The fourth-order valence-electron chi connectivity index (χ4n) is 3.29. The van der Waals surface area contributed by atoms with E-state index in [1.807, 2.05) is 31.2 Å². The van der Waals surface area contributed by atoms with Crippen molar-refractivity contribution in [3.05, 3.63) is 59.6 Å². The summed E-state index contributed by atoms with van der Waals surface area (Å²) in [5, 5.41) is 0. The molecule has 0 bridgehead atoms. The van der Waals surface area contributed by atoms with Gasteiger partial charge >= 0.3 is 0 Å². The Kier molecular flexibility index (Phi) is 5.98. The van der Waals surface area contributed by atoms with Crippen LogP contribution in [0.15, 0.2) is 51.9 Å². The Labute approximate surface area is 172 Å². The molecule has 3 aromatic rings. The van der Waals surface area contributed by atoms with Gasteiger partial charge in [-0.1, -0.05) is 12.1 Å². The summed E-state index contributed by atoms with van der Waals surface area (Å²) in [5.74, 6) is 1.07. The molecule has 3 rings (SSSR count). The highest BCUT2D eigenvalue weighted by Crippen LogP contribution is 2.29. The highest BCUT2D eigenvalue weighted by Gasteiger charge is 2.20. The van der Waals surface area contributed by atoms with Gasteiger partial charge in [0.15, 0.2) is 11.7 Å². The molecule has 0 radical (unpaired) electrons. The van der Waals surface area contributed by atoms with Crippen molar-refractivity contribution in [3.63, 3.8) is 0 Å². The van der Waals surface area contributed by atoms with Gasteiger partial charge in [0, 0.05) is 31.3 Å². The lowest BCUT2D eigenvalue weighted by Gasteiger charge is -2.22. The van der Waals surface area contributed by atoms with Crippen molar-refractivity contribution >= 4 is 21.4 Å². The lowest BCUT2D eigenvalue weighted by Crippen LogP contribution is -2.22. The quantitative estimate of drug-likeness (QED) is 0.595. The second-order valence-electron chi connectivity index (χ2n) is 7.00. The Morgan fingerprint density at radius 1 is 1.00 bits per heavy atom. The zero-order valence-electron chi connectivity index (χ0n) is 17.5. The molecule has 0 aliphatic rings. The zero-order valence-corrected chi connectivity index (χ0v) is 18.3. The van der Waals surface area contributed by atoms with Crippen LogP contribution in [0.25, 0.3) is 11.3 Å². The number of rotatable bonds is 7. The normalized spacial score (nSPS) is 11.5. The van der Waals surface area contributed by atoms with E-state index in [1.165, 1.54) is 0 Å². The van der Waals surface area contributed by atoms with Crippen molar-refractivity contribution in [1.29, 1.82) is 0 Å². The number of hydrogen-bond donors (Lipinski definition) is 1. The number of benzene rings is 2. The minimum atomic E-state index is -3.76. The third kappa shape index (κ3) is 4.45. The molecule has 1 aromatic heterocycles. The minimum absolute atomic E-state index is 0.219. The van der Waals surface area contributed by atoms with Crippen LogP contribution in [0, 0.1) is 20.8 Å². The molecular formula is C22H27N3O3S. The Bertz CT molecular complexity index is 1120. The topological polar surface area (TPSA) is 75.4 Å². The van der Waals surface area contributed by atoms with E-state index in [0.29, 0.717) is 28.5 Å². The lowest BCUT2D eigenvalue weighted by molar-refractivity contribution is 0.534. The van der Waals surface area contributed by atoms with Crippen molar-refractivity contribution in [2.75, 3.05) is 22.7 Å². The lowest BCUT2D eigenvalue weighted by atomic mass is 10.1. The molecule has 154 valence electrons. The molecule has 0 amide bonds. The maximum Gasteiger partial charge on any atom is 0.262 e. The molecule has 7 heteroatoms. The molecule has 0 atom stereocenters. The smallest absolute Gasteiger partial charge is 0.262 e. The van der Waals surface area contributed by atoms with Gasteiger partial charge in [0.25, 0.3) is 10.0 Å². The fraction of sp³-hybridized carbons (Fsp3) is 0.318. The van der Waals surface area contributed by atoms with E-state index in [4.69, 9.17) is 4.42 Å². The van der Waals surface area contributed by atoms with Gasteiger partial charge < -0.3 is 9.32 Å². The van der Waals surface area contributed by atoms with E-state index in [0.717, 1.165) is 24.3 Å². The zero-order chi connectivity index (χ0) is 21.2. The SMILES string of the molecule is CCN(CC)c1ccc(NS(=O)(=O)c2cc(-c3cnc(C)o3)ccc2C)c(C)c1. The summed E-state index contributed by atoms with van der Waals surface area (Å²) in [6.07, 6.45) is 1.60. The Morgan fingerprint density at radius 2 is 1.72 bits per heavy atom. The number of oxazole rings is 1. The van der Waals surface area contributed by atoms with Crippen LogP contribution in [-0.2, 0) is 10.0 Å². The van der Waals surface area contributed by atoms with Gasteiger partial charge in [-0.05, 0) is 63.1 Å². The molecule has 0 saturated carbocycles. The number of hydrogen-bond acceptors (Lipinski definition) is 5. The molecule has 1 N–H and O–H groups in total. The van der Waals surface area contributed by atoms with Gasteiger partial charge in [0.05, 0.1) is 16.8 Å². The van der Waals surface area contributed by atoms with Gasteiger partial charge in [-0.25, -0.2) is 13.4 Å². The van der Waals surface area contributed by atoms with Crippen LogP contribution < -0.4 is 9.62 Å². The summed E-state index contributed by atoms with van der Waals surface area (Å²) >= 11 is 0. The first-order valence-corrected chi connectivity index (χ1v) is 11.1. The van der Waals surface area contributed by atoms with E-state index in [9.17, 15) is 8.42 Å². The number of anilines is 2. The second-order valence-corrected chi connectivity index (χ2v) is 8.65. The van der Waals surface area contributed by atoms with Crippen molar-refractivity contribution in [3.8, 4) is 11.3 Å². The molecule has 2 aromatic carbocycles. The van der Waals surface area contributed by atoms with Crippen molar-refractivity contribution in [2.45, 2.75) is 39.5 Å². The average molecular weight is 414 g/mol. The number of nitrogens with one attached hydrogen (secondary N) is 1. The Hall–Kier alpha value is -2.80. The summed E-state index contributed by atoms with van der Waals surface area (Å²) in [7, 11) is -3.76. The van der Waals surface area contributed by atoms with Gasteiger partial charge in [-0.15, -0.1) is 0 Å². The number of nitrogens with zero attached hydrogens (tertiary/aromatic N) is 2. The molecule has 0 fully saturated rings. The monoisotopic (exact) mass is 413 g/mol. The minimum Gasteiger partial charge on any atom is -0.441 e. The summed E-state index contributed by atoms with van der Waals surface area (Å²) < 4.78 is 34.5. The average Bonchev–Trinajstić information content (AvgIpc) is 3.11. The molecule has 29 heavy (non-hydrogen) atoms. The molecule has 0 unspecified atom stereocenters. The predicted octanol–water partition coefficient (Wildman–Crippen LogP) is 4.91. The highest BCUT2D eigenvalue weighted by atomic mass is 32.2. The van der Waals surface area contributed by atoms with Gasteiger partial charge in [-0.3, -0.25) is 4.72 Å². The number of sulfonamides is 1. The molecular weight excluding hydrogens is 386 g/mol. The van der Waals surface area contributed by atoms with Crippen LogP contribution >= 0.6 is 0 Å². The molecule has 1 heterocycles. The first-order chi connectivity index (χ1) is 13.7. The van der Waals surface area contributed by atoms with Crippen LogP contribution in [0.4, 0.5) is 11.4 Å². The van der Waals surface area contributed by atoms with E-state index < -0.39 is 10.0 Å². The van der Waals surface area contributed by atoms with Gasteiger partial charge in [0.2, 0.25) is 0 Å². The summed E-state index contributed by atoms with van der Waals surface area (Å²) in [6, 6.07) is 11.0. The summed E-state index contributed by atoms with van der Waals surface area (Å²) in [6.45, 7) is 11.4. The van der Waals surface area contributed by atoms with Crippen molar-refractivity contribution < 1.29 is 12.8 Å². The van der Waals surface area contributed by atoms with Gasteiger partial charge in [-0.2, -0.15) is 0 Å². The van der Waals surface area contributed by atoms with Crippen LogP contribution in [0.1, 0.15) is 30.9 Å². The Balaban J connectivity index is 1.94. The molecule has 6 nitrogen and oxygen atoms in total. The Morgan fingerprint density at radius 3 is 2.31 bits per heavy atom. The standard InChI is InChI=1S/C22H27N3O3S/c1-6-25(7-2)19-10-11-20(16(4)12-19)24-29(26,27)22-13-18(9-8-15(22)3)21-14-23-17(5)28-21/h8-14,24H,6-7H2,1-5H3. The van der Waals surface area contributed by atoms with E-state index in [2.05, 4.69) is 28.5 Å². The number of aryl methyl sites for hydroxylation is 3. The van der Waals surface area contributed by atoms with Crippen molar-refractivity contribution in [2.24, 2.45) is 0 Å². The maximum atomic E-state index is 13.1. The van der Waals surface area contributed by atoms with Crippen LogP contribution in [0.3, 0.4) is 0 Å². The molecule has 0 aliphatic carbocycles. The maximum absolute atomic E-state index is 13.1. The van der Waals surface area contributed by atoms with Gasteiger partial charge in [0.1, 0.15) is 0 Å². The molecule has 0 spiro atoms. The first kappa shape index (κ1) is 20.9. The largest absolute Gasteiger partial charge is 0.441 e. The summed E-state index contributed by atoms with van der Waals surface area (Å²) in [4.78, 5) is 6.53. The van der Waals surface area contributed by atoms with Crippen LogP contribution in [-0.4, -0.2) is 26.5 Å². The second kappa shape index (κ2) is 8.29. The number of aromatic nitrogens is 1. The van der Waals surface area contributed by atoms with E-state index in [-0.39, 0.29) is 4.90 Å². The van der Waals surface area contributed by atoms with Crippen molar-refractivity contribution in [1.82, 2.24) is 4.98 Å². The molecule has 0 saturated heterocycles. The summed E-state index contributed by atoms with van der Waals surface area (Å²) in [5.41, 5.74) is 3.85. The third-order valence-corrected chi connectivity index (χ3v) is 6.47. The highest BCUT2D eigenvalue weighted by molar-refractivity contribution is 7.92. The predicted molar refractivity (Wildman–Crippen MR) is 117 cm³/mol. The fourth-order valence-corrected chi connectivity index (χ4v) is 4.69. The first-order valence-electron chi connectivity index (χ1n) is 9.67. The van der Waals surface area contributed by atoms with E-state index >= 15 is 0 Å². The third-order valence-electron chi connectivity index (χ3n) is 4.97. The van der Waals surface area contributed by atoms with Crippen LogP contribution in [0.2, 0.25) is 0 Å². The van der Waals surface area contributed by atoms with E-state index in [1.54, 1.807) is 32.2 Å². The molecule has 0 aliphatic heterocycles.